The van der Waals surface area contributed by atoms with Gasteiger partial charge in [0.15, 0.2) is 0 Å². The lowest BCUT2D eigenvalue weighted by Gasteiger charge is -2.51. The molecule has 164 valence electrons. The Morgan fingerprint density at radius 3 is 2.75 bits per heavy atom. The van der Waals surface area contributed by atoms with Crippen LogP contribution in [0.15, 0.2) is 36.7 Å². The van der Waals surface area contributed by atoms with E-state index in [9.17, 15) is 10.1 Å². The zero-order valence-corrected chi connectivity index (χ0v) is 18.6. The minimum absolute atomic E-state index is 0.0767. The molecular formula is C27H30N4O. The van der Waals surface area contributed by atoms with Gasteiger partial charge in [-0.3, -0.25) is 4.79 Å². The van der Waals surface area contributed by atoms with E-state index in [1.165, 1.54) is 25.7 Å². The van der Waals surface area contributed by atoms with Crippen LogP contribution in [0, 0.1) is 53.8 Å². The summed E-state index contributed by atoms with van der Waals surface area (Å²) >= 11 is 0. The Morgan fingerprint density at radius 1 is 1.09 bits per heavy atom. The molecule has 5 nitrogen and oxygen atoms in total. The number of carbonyl (C=O) groups excluding carboxylic acids is 1. The van der Waals surface area contributed by atoms with E-state index in [0.29, 0.717) is 35.0 Å². The summed E-state index contributed by atoms with van der Waals surface area (Å²) < 4.78 is 2.40. The van der Waals surface area contributed by atoms with Crippen molar-refractivity contribution in [2.45, 2.75) is 51.5 Å². The summed E-state index contributed by atoms with van der Waals surface area (Å²) in [7, 11) is 0. The largest absolute Gasteiger partial charge is 0.328 e. The summed E-state index contributed by atoms with van der Waals surface area (Å²) in [6, 6.07) is 8.41. The van der Waals surface area contributed by atoms with Crippen molar-refractivity contribution in [1.29, 1.82) is 5.26 Å². The molecule has 4 aliphatic rings. The maximum atomic E-state index is 13.3. The Bertz CT molecular complexity index is 1120. The van der Waals surface area contributed by atoms with Crippen molar-refractivity contribution in [3.8, 4) is 6.07 Å². The topological polar surface area (TPSA) is 70.7 Å². The van der Waals surface area contributed by atoms with E-state index in [1.807, 2.05) is 25.3 Å². The van der Waals surface area contributed by atoms with Crippen LogP contribution in [0.5, 0.6) is 0 Å². The smallest absolute Gasteiger partial charge is 0.227 e. The lowest BCUT2D eigenvalue weighted by molar-refractivity contribution is -0.122. The second-order valence-corrected chi connectivity index (χ2v) is 10.3. The van der Waals surface area contributed by atoms with Crippen LogP contribution in [0.3, 0.4) is 0 Å². The van der Waals surface area contributed by atoms with E-state index in [4.69, 9.17) is 0 Å². The van der Waals surface area contributed by atoms with Crippen molar-refractivity contribution in [3.63, 3.8) is 0 Å². The number of aromatic nitrogens is 2. The number of nitrogens with one attached hydrogen (secondary N) is 1. The first-order chi connectivity index (χ1) is 15.6. The highest BCUT2D eigenvalue weighted by atomic mass is 16.1. The van der Waals surface area contributed by atoms with Crippen LogP contribution in [0.1, 0.15) is 61.5 Å². The molecule has 0 bridgehead atoms. The molecular weight excluding hydrogens is 396 g/mol. The number of anilines is 1. The average molecular weight is 427 g/mol. The predicted octanol–water partition coefficient (Wildman–Crippen LogP) is 5.35. The number of allylic oxidation sites excluding steroid dienone is 1. The Balaban J connectivity index is 1.19. The van der Waals surface area contributed by atoms with Gasteiger partial charge in [0, 0.05) is 30.3 Å². The fraction of sp³-hybridized carbons (Fsp3) is 0.519. The van der Waals surface area contributed by atoms with Gasteiger partial charge in [0.25, 0.3) is 0 Å². The molecule has 0 saturated heterocycles. The Labute approximate surface area is 189 Å². The number of carbonyl (C=O) groups is 1. The molecule has 1 aromatic heterocycles. The predicted molar refractivity (Wildman–Crippen MR) is 123 cm³/mol. The Hall–Kier alpha value is -2.87. The van der Waals surface area contributed by atoms with Gasteiger partial charge in [0.05, 0.1) is 11.3 Å². The highest BCUT2D eigenvalue weighted by molar-refractivity contribution is 5.94. The summed E-state index contributed by atoms with van der Waals surface area (Å²) in [4.78, 5) is 17.8. The molecule has 5 heteroatoms. The molecule has 6 rings (SSSR count). The third kappa shape index (κ3) is 3.03. The van der Waals surface area contributed by atoms with Gasteiger partial charge in [0.1, 0.15) is 11.9 Å². The standard InChI is InChI=1S/C27H30N4O/c1-16-2-3-17(15-28)24(14-16)30-27(32)23-7-6-18-19-8-10-25-22(20(19)4-5-21(18)23)9-11-26-29-12-13-31(25)26/h2-3,9,11-14,18-23,25H,4-8,10H2,1H3,(H,30,32)/t18-,19-,20-,21-,22+,23+,25?/m0/s1. The van der Waals surface area contributed by atoms with Gasteiger partial charge in [0.2, 0.25) is 5.91 Å². The monoisotopic (exact) mass is 426 g/mol. The number of amides is 1. The Morgan fingerprint density at radius 2 is 1.88 bits per heavy atom. The van der Waals surface area contributed by atoms with Crippen LogP contribution in [-0.2, 0) is 4.79 Å². The molecule has 1 amide bonds. The van der Waals surface area contributed by atoms with Gasteiger partial charge in [-0.1, -0.05) is 12.1 Å². The molecule has 3 saturated carbocycles. The van der Waals surface area contributed by atoms with Crippen LogP contribution >= 0.6 is 0 Å². The molecule has 3 aliphatic carbocycles. The number of rotatable bonds is 2. The van der Waals surface area contributed by atoms with Gasteiger partial charge < -0.3 is 9.88 Å². The van der Waals surface area contributed by atoms with Gasteiger partial charge in [-0.15, -0.1) is 0 Å². The summed E-state index contributed by atoms with van der Waals surface area (Å²) in [6.45, 7) is 1.99. The number of nitriles is 1. The molecule has 0 spiro atoms. The number of imidazole rings is 1. The molecule has 1 N–H and O–H groups in total. The van der Waals surface area contributed by atoms with E-state index in [2.05, 4.69) is 39.3 Å². The van der Waals surface area contributed by atoms with Gasteiger partial charge in [-0.25, -0.2) is 4.98 Å². The number of fused-ring (bicyclic) bond motifs is 7. The van der Waals surface area contributed by atoms with Gasteiger partial charge in [-0.05, 0) is 92.9 Å². The van der Waals surface area contributed by atoms with Crippen LogP contribution in [-0.4, -0.2) is 15.5 Å². The fourth-order valence-electron chi connectivity index (χ4n) is 7.65. The van der Waals surface area contributed by atoms with Crippen LogP contribution < -0.4 is 5.32 Å². The number of aryl methyl sites for hydroxylation is 1. The third-order valence-corrected chi connectivity index (χ3v) is 8.96. The average Bonchev–Trinajstić information content (AvgIpc) is 3.46. The molecule has 32 heavy (non-hydrogen) atoms. The molecule has 1 aromatic carbocycles. The zero-order chi connectivity index (χ0) is 21.8. The van der Waals surface area contributed by atoms with Crippen molar-refractivity contribution in [2.75, 3.05) is 5.32 Å². The molecule has 0 radical (unpaired) electrons. The maximum absolute atomic E-state index is 13.3. The fourth-order valence-corrected chi connectivity index (χ4v) is 7.65. The highest BCUT2D eigenvalue weighted by Crippen LogP contribution is 2.58. The normalized spacial score (nSPS) is 34.6. The minimum Gasteiger partial charge on any atom is -0.328 e. The van der Waals surface area contributed by atoms with Crippen LogP contribution in [0.2, 0.25) is 0 Å². The van der Waals surface area contributed by atoms with Crippen LogP contribution in [0.25, 0.3) is 6.08 Å². The molecule has 2 heterocycles. The summed E-state index contributed by atoms with van der Waals surface area (Å²) in [6.07, 6.45) is 15.7. The lowest BCUT2D eigenvalue weighted by atomic mass is 9.56. The minimum atomic E-state index is 0.0767. The second kappa shape index (κ2) is 7.62. The number of benzene rings is 1. The third-order valence-electron chi connectivity index (χ3n) is 8.96. The number of hydrogen-bond donors (Lipinski definition) is 1. The first-order valence-corrected chi connectivity index (χ1v) is 12.2. The molecule has 7 atom stereocenters. The van der Waals surface area contributed by atoms with Gasteiger partial charge in [-0.2, -0.15) is 5.26 Å². The van der Waals surface area contributed by atoms with E-state index >= 15 is 0 Å². The van der Waals surface area contributed by atoms with Crippen molar-refractivity contribution in [3.05, 3.63) is 53.6 Å². The van der Waals surface area contributed by atoms with Gasteiger partial charge >= 0.3 is 0 Å². The second-order valence-electron chi connectivity index (χ2n) is 10.3. The molecule has 3 fully saturated rings. The molecule has 1 aliphatic heterocycles. The first kappa shape index (κ1) is 19.8. The van der Waals surface area contributed by atoms with E-state index < -0.39 is 0 Å². The van der Waals surface area contributed by atoms with Crippen molar-refractivity contribution < 1.29 is 4.79 Å². The maximum Gasteiger partial charge on any atom is 0.227 e. The summed E-state index contributed by atoms with van der Waals surface area (Å²) in [5.41, 5.74) is 2.27. The van der Waals surface area contributed by atoms with Crippen molar-refractivity contribution in [2.24, 2.45) is 35.5 Å². The molecule has 2 aromatic rings. The number of hydrogen-bond acceptors (Lipinski definition) is 3. The Kier molecular flexibility index (Phi) is 4.71. The lowest BCUT2D eigenvalue weighted by Crippen LogP contribution is -2.44. The SMILES string of the molecule is Cc1ccc(C#N)c(NC(=O)[C@@H]2CC[C@H]3[C@@H]4CCC5[C@H](C=Cc6nccn65)[C@H]4CC[C@@H]32)c1. The van der Waals surface area contributed by atoms with Crippen molar-refractivity contribution >= 4 is 17.7 Å². The zero-order valence-electron chi connectivity index (χ0n) is 18.6. The quantitative estimate of drug-likeness (QED) is 0.704. The van der Waals surface area contributed by atoms with E-state index in [-0.39, 0.29) is 11.8 Å². The van der Waals surface area contributed by atoms with Crippen LogP contribution in [0.4, 0.5) is 5.69 Å². The van der Waals surface area contributed by atoms with E-state index in [1.54, 1.807) is 6.07 Å². The summed E-state index contributed by atoms with van der Waals surface area (Å²) in [5, 5.41) is 12.6. The van der Waals surface area contributed by atoms with Crippen molar-refractivity contribution in [1.82, 2.24) is 9.55 Å². The van der Waals surface area contributed by atoms with E-state index in [0.717, 1.165) is 36.1 Å². The number of nitrogens with zero attached hydrogens (tertiary/aromatic N) is 3. The molecule has 1 unspecified atom stereocenters. The first-order valence-electron chi connectivity index (χ1n) is 12.2. The highest BCUT2D eigenvalue weighted by Gasteiger charge is 2.52. The summed E-state index contributed by atoms with van der Waals surface area (Å²) in [5.74, 6) is 4.51.